The predicted octanol–water partition coefficient (Wildman–Crippen LogP) is 13.0. The summed E-state index contributed by atoms with van der Waals surface area (Å²) in [5, 5.41) is 7.32. The molecule has 2 nitrogen and oxygen atoms in total. The van der Waals surface area contributed by atoms with Crippen LogP contribution < -0.4 is 0 Å². The van der Waals surface area contributed by atoms with Crippen molar-refractivity contribution in [2.75, 3.05) is 0 Å². The van der Waals surface area contributed by atoms with Crippen LogP contribution in [0.1, 0.15) is 0 Å². The van der Waals surface area contributed by atoms with Crippen molar-refractivity contribution < 1.29 is 0 Å². The van der Waals surface area contributed by atoms with Crippen molar-refractivity contribution in [3.63, 3.8) is 0 Å². The van der Waals surface area contributed by atoms with Gasteiger partial charge in [0.2, 0.25) is 0 Å². The Morgan fingerprint density at radius 3 is 1.49 bits per heavy atom. The van der Waals surface area contributed by atoms with Crippen molar-refractivity contribution >= 4 is 64.1 Å². The Bertz CT molecular complexity index is 2850. The number of nitrogens with zero attached hydrogens (tertiary/aromatic N) is 2. The first-order chi connectivity index (χ1) is 24.3. The number of hydrogen-bond donors (Lipinski definition) is 0. The van der Waals surface area contributed by atoms with E-state index in [1.165, 1.54) is 64.3 Å². The third kappa shape index (κ3) is 4.70. The lowest BCUT2D eigenvalue weighted by Gasteiger charge is -2.11. The van der Waals surface area contributed by atoms with E-state index in [0.717, 1.165) is 33.1 Å². The molecule has 0 radical (unpaired) electrons. The van der Waals surface area contributed by atoms with Crippen LogP contribution in [0.3, 0.4) is 0 Å². The Labute approximate surface area is 287 Å². The molecule has 10 rings (SSSR count). The molecule has 49 heavy (non-hydrogen) atoms. The predicted molar refractivity (Wildman–Crippen MR) is 209 cm³/mol. The average molecular weight is 641 g/mol. The maximum absolute atomic E-state index is 5.18. The van der Waals surface area contributed by atoms with E-state index in [9.17, 15) is 0 Å². The minimum Gasteiger partial charge on any atom is -0.252 e. The lowest BCUT2D eigenvalue weighted by molar-refractivity contribution is 1.31. The molecular weight excluding hydrogens is 613 g/mol. The van der Waals surface area contributed by atoms with Gasteiger partial charge in [-0.2, -0.15) is 0 Å². The van der Waals surface area contributed by atoms with Gasteiger partial charge < -0.3 is 0 Å². The molecule has 0 N–H and O–H groups in total. The van der Waals surface area contributed by atoms with E-state index in [1.807, 2.05) is 17.5 Å². The Hall–Kier alpha value is -6.16. The van der Waals surface area contributed by atoms with E-state index in [2.05, 4.69) is 164 Å². The zero-order chi connectivity index (χ0) is 32.3. The van der Waals surface area contributed by atoms with Crippen LogP contribution >= 0.6 is 11.3 Å². The molecule has 0 fully saturated rings. The number of fused-ring (bicyclic) bond motifs is 9. The second kappa shape index (κ2) is 11.2. The molecule has 0 aliphatic rings. The van der Waals surface area contributed by atoms with Gasteiger partial charge >= 0.3 is 0 Å². The van der Waals surface area contributed by atoms with Crippen LogP contribution in [0, 0.1) is 0 Å². The number of aromatic nitrogens is 2. The van der Waals surface area contributed by atoms with Crippen molar-refractivity contribution in [1.29, 1.82) is 0 Å². The van der Waals surface area contributed by atoms with E-state index in [4.69, 9.17) is 9.97 Å². The fraction of sp³-hybridized carbons (Fsp3) is 0. The van der Waals surface area contributed by atoms with Crippen LogP contribution in [0.4, 0.5) is 0 Å². The number of rotatable bonds is 4. The van der Waals surface area contributed by atoms with Crippen molar-refractivity contribution in [3.05, 3.63) is 170 Å². The summed E-state index contributed by atoms with van der Waals surface area (Å²) in [4.78, 5) is 10.1. The molecule has 0 aliphatic carbocycles. The third-order valence-corrected chi connectivity index (χ3v) is 10.9. The lowest BCUT2D eigenvalue weighted by atomic mass is 9.95. The summed E-state index contributed by atoms with van der Waals surface area (Å²) >= 11 is 1.86. The Morgan fingerprint density at radius 2 is 0.816 bits per heavy atom. The summed E-state index contributed by atoms with van der Waals surface area (Å²) in [5.41, 5.74) is 11.0. The number of hydrogen-bond acceptors (Lipinski definition) is 3. The van der Waals surface area contributed by atoms with Crippen LogP contribution in [0.2, 0.25) is 0 Å². The summed E-state index contributed by atoms with van der Waals surface area (Å²) in [6.07, 6.45) is 1.91. The van der Waals surface area contributed by atoms with E-state index >= 15 is 0 Å². The standard InChI is InChI=1S/C46H28N2S/c1-3-16-39-36(13-1)37-14-2-4-17-40(37)46-45(39)47-28-42(48-46)30-21-19-29(20-22-30)31-9-7-10-32(25-31)33-11-8-12-34(26-33)35-23-24-44-41(27-35)38-15-5-6-18-43(38)49-44/h1-28H. The normalized spacial score (nSPS) is 11.7. The monoisotopic (exact) mass is 640 g/mol. The molecule has 10 aromatic rings. The second-order valence-electron chi connectivity index (χ2n) is 12.6. The van der Waals surface area contributed by atoms with Gasteiger partial charge in [0.1, 0.15) is 0 Å². The topological polar surface area (TPSA) is 25.8 Å². The molecule has 2 aromatic heterocycles. The summed E-state index contributed by atoms with van der Waals surface area (Å²) in [5.74, 6) is 0. The summed E-state index contributed by atoms with van der Waals surface area (Å²) in [7, 11) is 0. The minimum absolute atomic E-state index is 0.874. The van der Waals surface area contributed by atoms with Crippen LogP contribution in [0.5, 0.6) is 0 Å². The summed E-state index contributed by atoms with van der Waals surface area (Å²) < 4.78 is 2.66. The summed E-state index contributed by atoms with van der Waals surface area (Å²) in [6.45, 7) is 0. The van der Waals surface area contributed by atoms with Gasteiger partial charge in [-0.15, -0.1) is 11.3 Å². The van der Waals surface area contributed by atoms with Crippen LogP contribution in [0.25, 0.3) is 97.4 Å². The van der Waals surface area contributed by atoms with Gasteiger partial charge in [0.05, 0.1) is 22.9 Å². The molecule has 0 spiro atoms. The lowest BCUT2D eigenvalue weighted by Crippen LogP contribution is -1.92. The summed E-state index contributed by atoms with van der Waals surface area (Å²) in [6, 6.07) is 58.9. The molecular formula is C46H28N2S. The molecule has 228 valence electrons. The molecule has 2 heterocycles. The molecule has 0 atom stereocenters. The Balaban J connectivity index is 0.981. The smallest absolute Gasteiger partial charge is 0.0979 e. The highest BCUT2D eigenvalue weighted by molar-refractivity contribution is 7.25. The Kier molecular flexibility index (Phi) is 6.39. The number of benzene rings is 8. The van der Waals surface area contributed by atoms with Gasteiger partial charge in [-0.25, -0.2) is 4.98 Å². The Morgan fingerprint density at radius 1 is 0.327 bits per heavy atom. The number of thiophene rings is 1. The van der Waals surface area contributed by atoms with E-state index in [0.29, 0.717) is 0 Å². The quantitative estimate of drug-likeness (QED) is 0.179. The van der Waals surface area contributed by atoms with Gasteiger partial charge in [0.25, 0.3) is 0 Å². The van der Waals surface area contributed by atoms with Crippen LogP contribution in [0.15, 0.2) is 170 Å². The molecule has 0 saturated carbocycles. The molecule has 0 bridgehead atoms. The van der Waals surface area contributed by atoms with Crippen molar-refractivity contribution in [2.24, 2.45) is 0 Å². The van der Waals surface area contributed by atoms with Gasteiger partial charge in [-0.1, -0.05) is 133 Å². The van der Waals surface area contributed by atoms with E-state index in [1.54, 1.807) is 0 Å². The first-order valence-corrected chi connectivity index (χ1v) is 17.4. The van der Waals surface area contributed by atoms with Gasteiger partial charge in [0, 0.05) is 36.5 Å². The average Bonchev–Trinajstić information content (AvgIpc) is 3.56. The maximum Gasteiger partial charge on any atom is 0.0979 e. The van der Waals surface area contributed by atoms with Crippen molar-refractivity contribution in [2.45, 2.75) is 0 Å². The molecule has 8 aromatic carbocycles. The fourth-order valence-electron chi connectivity index (χ4n) is 7.26. The minimum atomic E-state index is 0.874. The first-order valence-electron chi connectivity index (χ1n) is 16.6. The molecule has 0 unspecified atom stereocenters. The highest BCUT2D eigenvalue weighted by Crippen LogP contribution is 2.38. The zero-order valence-electron chi connectivity index (χ0n) is 26.5. The van der Waals surface area contributed by atoms with Crippen LogP contribution in [-0.4, -0.2) is 9.97 Å². The largest absolute Gasteiger partial charge is 0.252 e. The van der Waals surface area contributed by atoms with E-state index in [-0.39, 0.29) is 0 Å². The second-order valence-corrected chi connectivity index (χ2v) is 13.7. The molecule has 0 amide bonds. The van der Waals surface area contributed by atoms with Gasteiger partial charge in [-0.05, 0) is 74.5 Å². The highest BCUT2D eigenvalue weighted by atomic mass is 32.1. The van der Waals surface area contributed by atoms with E-state index < -0.39 is 0 Å². The fourth-order valence-corrected chi connectivity index (χ4v) is 8.34. The molecule has 0 saturated heterocycles. The zero-order valence-corrected chi connectivity index (χ0v) is 27.3. The van der Waals surface area contributed by atoms with Crippen molar-refractivity contribution in [3.8, 4) is 44.6 Å². The highest BCUT2D eigenvalue weighted by Gasteiger charge is 2.13. The first kappa shape index (κ1) is 27.9. The van der Waals surface area contributed by atoms with Crippen LogP contribution in [-0.2, 0) is 0 Å². The van der Waals surface area contributed by atoms with Crippen molar-refractivity contribution in [1.82, 2.24) is 9.97 Å². The molecule has 0 aliphatic heterocycles. The SMILES string of the molecule is c1cc(-c2ccc(-c3cnc4c5ccccc5c5ccccc5c4n3)cc2)cc(-c2cccc(-c3ccc4sc5ccccc5c4c3)c2)c1. The maximum atomic E-state index is 5.18. The van der Waals surface area contributed by atoms with Gasteiger partial charge in [0.15, 0.2) is 0 Å². The third-order valence-electron chi connectivity index (χ3n) is 9.71. The molecule has 3 heteroatoms. The van der Waals surface area contributed by atoms with Gasteiger partial charge in [-0.3, -0.25) is 4.98 Å².